The van der Waals surface area contributed by atoms with E-state index in [-0.39, 0.29) is 6.01 Å². The Hall–Kier alpha value is -2.38. The summed E-state index contributed by atoms with van der Waals surface area (Å²) in [4.78, 5) is 23.1. The van der Waals surface area contributed by atoms with E-state index in [0.29, 0.717) is 17.3 Å². The second-order valence-electron chi connectivity index (χ2n) is 5.30. The monoisotopic (exact) mass is 373 g/mol. The van der Waals surface area contributed by atoms with Gasteiger partial charge in [0, 0.05) is 29.3 Å². The van der Waals surface area contributed by atoms with Gasteiger partial charge in [0.25, 0.3) is 0 Å². The molecule has 3 heterocycles. The molecule has 0 aliphatic heterocycles. The van der Waals surface area contributed by atoms with Gasteiger partial charge in [-0.3, -0.25) is 4.98 Å². The van der Waals surface area contributed by atoms with Crippen LogP contribution in [0.15, 0.2) is 35.7 Å². The van der Waals surface area contributed by atoms with E-state index in [9.17, 15) is 0 Å². The van der Waals surface area contributed by atoms with Gasteiger partial charge in [-0.1, -0.05) is 23.7 Å². The van der Waals surface area contributed by atoms with Crippen LogP contribution in [-0.2, 0) is 0 Å². The zero-order chi connectivity index (χ0) is 17.8. The maximum atomic E-state index is 6.31. The van der Waals surface area contributed by atoms with E-state index in [1.54, 1.807) is 12.4 Å². The SMILES string of the molecule is CC/C(=N\Oc1nc(C)cc(C)n1)c1sc(-c2cccnc2)nc1Cl. The summed E-state index contributed by atoms with van der Waals surface area (Å²) in [6.45, 7) is 5.74. The number of pyridine rings is 1. The number of oxime groups is 1. The van der Waals surface area contributed by atoms with Crippen LogP contribution in [0.4, 0.5) is 0 Å². The van der Waals surface area contributed by atoms with Crippen molar-refractivity contribution in [1.82, 2.24) is 19.9 Å². The molecule has 25 heavy (non-hydrogen) atoms. The van der Waals surface area contributed by atoms with Crippen molar-refractivity contribution in [2.75, 3.05) is 0 Å². The molecule has 0 fully saturated rings. The van der Waals surface area contributed by atoms with Crippen molar-refractivity contribution in [3.8, 4) is 16.6 Å². The quantitative estimate of drug-likeness (QED) is 0.487. The van der Waals surface area contributed by atoms with E-state index in [2.05, 4.69) is 25.1 Å². The van der Waals surface area contributed by atoms with E-state index in [0.717, 1.165) is 26.8 Å². The summed E-state index contributed by atoms with van der Waals surface area (Å²) in [5.41, 5.74) is 3.26. The number of halogens is 1. The number of aryl methyl sites for hydroxylation is 2. The van der Waals surface area contributed by atoms with Crippen molar-refractivity contribution in [1.29, 1.82) is 0 Å². The summed E-state index contributed by atoms with van der Waals surface area (Å²) in [6.07, 6.45) is 4.11. The summed E-state index contributed by atoms with van der Waals surface area (Å²) in [7, 11) is 0. The molecule has 3 aromatic rings. The zero-order valence-corrected chi connectivity index (χ0v) is 15.6. The third kappa shape index (κ3) is 4.18. The molecule has 0 saturated carbocycles. The van der Waals surface area contributed by atoms with Gasteiger partial charge in [0.15, 0.2) is 0 Å². The summed E-state index contributed by atoms with van der Waals surface area (Å²) in [6, 6.07) is 5.89. The first-order valence-corrected chi connectivity index (χ1v) is 8.89. The summed E-state index contributed by atoms with van der Waals surface area (Å²) in [5, 5.41) is 5.38. The van der Waals surface area contributed by atoms with Gasteiger partial charge in [0.05, 0.1) is 4.88 Å². The average molecular weight is 374 g/mol. The van der Waals surface area contributed by atoms with Crippen LogP contribution in [-0.4, -0.2) is 25.6 Å². The molecule has 0 atom stereocenters. The average Bonchev–Trinajstić information content (AvgIpc) is 2.97. The number of hydrogen-bond donors (Lipinski definition) is 0. The lowest BCUT2D eigenvalue weighted by molar-refractivity contribution is 0.310. The molecule has 3 aromatic heterocycles. The molecule has 0 unspecified atom stereocenters. The van der Waals surface area contributed by atoms with Crippen LogP contribution in [0.3, 0.4) is 0 Å². The van der Waals surface area contributed by atoms with Gasteiger partial charge in [-0.25, -0.2) is 4.98 Å². The fourth-order valence-electron chi connectivity index (χ4n) is 2.19. The van der Waals surface area contributed by atoms with Crippen LogP contribution in [0.2, 0.25) is 5.15 Å². The van der Waals surface area contributed by atoms with E-state index in [1.807, 2.05) is 39.0 Å². The van der Waals surface area contributed by atoms with Crippen molar-refractivity contribution >= 4 is 28.6 Å². The first-order chi connectivity index (χ1) is 12.1. The Kier molecular flexibility index (Phi) is 5.35. The Balaban J connectivity index is 1.89. The minimum Gasteiger partial charge on any atom is -0.315 e. The predicted molar refractivity (Wildman–Crippen MR) is 99.3 cm³/mol. The van der Waals surface area contributed by atoms with Crippen LogP contribution >= 0.6 is 22.9 Å². The number of rotatable bonds is 5. The van der Waals surface area contributed by atoms with Gasteiger partial charge in [-0.2, -0.15) is 9.97 Å². The van der Waals surface area contributed by atoms with Crippen molar-refractivity contribution in [3.63, 3.8) is 0 Å². The van der Waals surface area contributed by atoms with Crippen molar-refractivity contribution in [3.05, 3.63) is 52.0 Å². The van der Waals surface area contributed by atoms with Gasteiger partial charge in [-0.05, 0) is 38.5 Å². The number of aromatic nitrogens is 4. The van der Waals surface area contributed by atoms with Crippen LogP contribution in [0, 0.1) is 13.8 Å². The maximum absolute atomic E-state index is 6.31. The molecule has 0 amide bonds. The lowest BCUT2D eigenvalue weighted by atomic mass is 10.3. The van der Waals surface area contributed by atoms with E-state index in [1.165, 1.54) is 11.3 Å². The van der Waals surface area contributed by atoms with Crippen molar-refractivity contribution in [2.45, 2.75) is 27.2 Å². The molecule has 128 valence electrons. The van der Waals surface area contributed by atoms with Gasteiger partial charge < -0.3 is 4.84 Å². The van der Waals surface area contributed by atoms with Crippen LogP contribution in [0.25, 0.3) is 10.6 Å². The molecular formula is C17H16ClN5OS. The lowest BCUT2D eigenvalue weighted by Crippen LogP contribution is -2.02. The molecule has 0 N–H and O–H groups in total. The standard InChI is InChI=1S/C17H16ClN5OS/c1-4-13(23-24-17-20-10(2)8-11(3)21-17)14-15(18)22-16(25-14)12-6-5-7-19-9-12/h5-9H,4H2,1-3H3/b23-13+. The molecule has 3 rings (SSSR count). The second kappa shape index (κ2) is 7.67. The van der Waals surface area contributed by atoms with Crippen molar-refractivity contribution in [2.24, 2.45) is 5.16 Å². The fourth-order valence-corrected chi connectivity index (χ4v) is 3.55. The highest BCUT2D eigenvalue weighted by Crippen LogP contribution is 2.31. The summed E-state index contributed by atoms with van der Waals surface area (Å²) < 4.78 is 0. The normalized spacial score (nSPS) is 11.6. The molecule has 0 aromatic carbocycles. The Bertz CT molecular complexity index is 890. The first-order valence-electron chi connectivity index (χ1n) is 7.70. The number of nitrogens with zero attached hydrogens (tertiary/aromatic N) is 5. The van der Waals surface area contributed by atoms with Gasteiger partial charge in [0.1, 0.15) is 15.9 Å². The largest absolute Gasteiger partial charge is 0.346 e. The fraction of sp³-hybridized carbons (Fsp3) is 0.235. The van der Waals surface area contributed by atoms with Crippen LogP contribution in [0.5, 0.6) is 6.01 Å². The lowest BCUT2D eigenvalue weighted by Gasteiger charge is -2.03. The van der Waals surface area contributed by atoms with Crippen molar-refractivity contribution < 1.29 is 4.84 Å². The smallest absolute Gasteiger partial charge is 0.315 e. The third-order valence-electron chi connectivity index (χ3n) is 3.29. The third-order valence-corrected chi connectivity index (χ3v) is 4.83. The van der Waals surface area contributed by atoms with E-state index < -0.39 is 0 Å². The Labute approximate surface area is 154 Å². The molecule has 8 heteroatoms. The first kappa shape index (κ1) is 17.4. The molecule has 0 aliphatic rings. The topological polar surface area (TPSA) is 73.2 Å². The minimum atomic E-state index is 0.219. The number of thiazole rings is 1. The molecule has 0 bridgehead atoms. The Morgan fingerprint density at radius 3 is 2.64 bits per heavy atom. The molecular weight excluding hydrogens is 358 g/mol. The summed E-state index contributed by atoms with van der Waals surface area (Å²) >= 11 is 7.76. The molecule has 0 aliphatic carbocycles. The van der Waals surface area contributed by atoms with E-state index >= 15 is 0 Å². The van der Waals surface area contributed by atoms with Gasteiger partial charge in [0.2, 0.25) is 0 Å². The molecule has 0 saturated heterocycles. The molecule has 6 nitrogen and oxygen atoms in total. The molecule has 0 radical (unpaired) electrons. The minimum absolute atomic E-state index is 0.219. The molecule has 0 spiro atoms. The Morgan fingerprint density at radius 1 is 1.24 bits per heavy atom. The van der Waals surface area contributed by atoms with Gasteiger partial charge >= 0.3 is 6.01 Å². The highest BCUT2D eigenvalue weighted by molar-refractivity contribution is 7.17. The van der Waals surface area contributed by atoms with E-state index in [4.69, 9.17) is 16.4 Å². The van der Waals surface area contributed by atoms with Gasteiger partial charge in [-0.15, -0.1) is 11.3 Å². The zero-order valence-electron chi connectivity index (χ0n) is 14.0. The van der Waals surface area contributed by atoms with Crippen LogP contribution < -0.4 is 4.84 Å². The Morgan fingerprint density at radius 2 is 2.00 bits per heavy atom. The highest BCUT2D eigenvalue weighted by Gasteiger charge is 2.16. The summed E-state index contributed by atoms with van der Waals surface area (Å²) in [5.74, 6) is 0. The number of hydrogen-bond acceptors (Lipinski definition) is 7. The maximum Gasteiger partial charge on any atom is 0.346 e. The highest BCUT2D eigenvalue weighted by atomic mass is 35.5. The van der Waals surface area contributed by atoms with Crippen LogP contribution in [0.1, 0.15) is 29.6 Å². The second-order valence-corrected chi connectivity index (χ2v) is 6.65. The predicted octanol–water partition coefficient (Wildman–Crippen LogP) is 4.46.